The lowest BCUT2D eigenvalue weighted by molar-refractivity contribution is -0.140. The molecule has 1 heterocycles. The summed E-state index contributed by atoms with van der Waals surface area (Å²) in [4.78, 5) is 12.9. The molecule has 1 fully saturated rings. The molecule has 0 bridgehead atoms. The minimum absolute atomic E-state index is 0.0746. The first-order valence-corrected chi connectivity index (χ1v) is 6.79. The molecule has 0 spiro atoms. The molecular weight excluding hydrogens is 289 g/mol. The Hall–Kier alpha value is -0.810. The molecule has 104 valence electrons. The highest BCUT2D eigenvalue weighted by Crippen LogP contribution is 2.24. The van der Waals surface area contributed by atoms with Crippen molar-refractivity contribution >= 4 is 29.2 Å². The molecule has 1 aromatic rings. The van der Waals surface area contributed by atoms with Crippen molar-refractivity contribution in [2.45, 2.75) is 19.0 Å². The third kappa shape index (κ3) is 4.08. The van der Waals surface area contributed by atoms with Crippen molar-refractivity contribution in [2.24, 2.45) is 0 Å². The largest absolute Gasteiger partial charge is 0.481 e. The summed E-state index contributed by atoms with van der Waals surface area (Å²) in [5.74, 6) is -0.817. The van der Waals surface area contributed by atoms with Gasteiger partial charge < -0.3 is 9.84 Å². The summed E-state index contributed by atoms with van der Waals surface area (Å²) in [6, 6.07) is 5.25. The second-order valence-electron chi connectivity index (χ2n) is 4.53. The Morgan fingerprint density at radius 2 is 2.26 bits per heavy atom. The fourth-order valence-electron chi connectivity index (χ4n) is 2.16. The summed E-state index contributed by atoms with van der Waals surface area (Å²) in [7, 11) is 0. The number of hydrogen-bond donors (Lipinski definition) is 1. The van der Waals surface area contributed by atoms with Crippen LogP contribution < -0.4 is 0 Å². The quantitative estimate of drug-likeness (QED) is 0.929. The van der Waals surface area contributed by atoms with Gasteiger partial charge in [0.05, 0.1) is 19.6 Å². The van der Waals surface area contributed by atoms with Gasteiger partial charge in [0.2, 0.25) is 0 Å². The molecule has 6 heteroatoms. The highest BCUT2D eigenvalue weighted by Gasteiger charge is 2.25. The third-order valence-electron chi connectivity index (χ3n) is 3.15. The standard InChI is InChI=1S/C13H15Cl2NO3/c14-10-2-1-9(12(15)5-10)7-16-3-4-19-8-11(16)6-13(17)18/h1-2,5,11H,3-4,6-8H2,(H,17,18)/t11-/m0/s1. The van der Waals surface area contributed by atoms with Gasteiger partial charge in [0.25, 0.3) is 0 Å². The first kappa shape index (κ1) is 14.6. The first-order chi connectivity index (χ1) is 9.06. The van der Waals surface area contributed by atoms with E-state index in [0.717, 1.165) is 5.56 Å². The fraction of sp³-hybridized carbons (Fsp3) is 0.462. The maximum Gasteiger partial charge on any atom is 0.305 e. The molecule has 0 unspecified atom stereocenters. The van der Waals surface area contributed by atoms with Crippen LogP contribution in [-0.4, -0.2) is 41.8 Å². The number of ether oxygens (including phenoxy) is 1. The summed E-state index contributed by atoms with van der Waals surface area (Å²) in [5, 5.41) is 10.1. The number of halogens is 2. The highest BCUT2D eigenvalue weighted by atomic mass is 35.5. The lowest BCUT2D eigenvalue weighted by Gasteiger charge is -2.34. The summed E-state index contributed by atoms with van der Waals surface area (Å²) in [6.07, 6.45) is 0.0746. The van der Waals surface area contributed by atoms with E-state index in [2.05, 4.69) is 4.90 Å². The van der Waals surface area contributed by atoms with Crippen molar-refractivity contribution in [1.29, 1.82) is 0 Å². The molecule has 2 rings (SSSR count). The van der Waals surface area contributed by atoms with Gasteiger partial charge in [-0.15, -0.1) is 0 Å². The van der Waals surface area contributed by atoms with Crippen molar-refractivity contribution < 1.29 is 14.6 Å². The molecule has 0 saturated carbocycles. The van der Waals surface area contributed by atoms with Crippen LogP contribution in [0.25, 0.3) is 0 Å². The highest BCUT2D eigenvalue weighted by molar-refractivity contribution is 6.35. The van der Waals surface area contributed by atoms with E-state index < -0.39 is 5.97 Å². The van der Waals surface area contributed by atoms with Crippen molar-refractivity contribution in [3.05, 3.63) is 33.8 Å². The normalized spacial score (nSPS) is 20.4. The SMILES string of the molecule is O=C(O)C[C@H]1COCCN1Cc1ccc(Cl)cc1Cl. The Morgan fingerprint density at radius 1 is 1.47 bits per heavy atom. The molecule has 4 nitrogen and oxygen atoms in total. The molecule has 19 heavy (non-hydrogen) atoms. The lowest BCUT2D eigenvalue weighted by atomic mass is 10.1. The second kappa shape index (κ2) is 6.57. The zero-order valence-corrected chi connectivity index (χ0v) is 11.8. The van der Waals surface area contributed by atoms with Gasteiger partial charge in [-0.3, -0.25) is 9.69 Å². The molecule has 0 radical (unpaired) electrons. The van der Waals surface area contributed by atoms with Gasteiger partial charge in [-0.1, -0.05) is 29.3 Å². The molecule has 1 aliphatic rings. The van der Waals surface area contributed by atoms with Gasteiger partial charge >= 0.3 is 5.97 Å². The van der Waals surface area contributed by atoms with Crippen LogP contribution in [0.5, 0.6) is 0 Å². The van der Waals surface area contributed by atoms with E-state index in [1.54, 1.807) is 12.1 Å². The maximum absolute atomic E-state index is 10.9. The minimum Gasteiger partial charge on any atom is -0.481 e. The summed E-state index contributed by atoms with van der Waals surface area (Å²) in [6.45, 7) is 2.37. The fourth-order valence-corrected chi connectivity index (χ4v) is 2.62. The molecule has 1 N–H and O–H groups in total. The van der Waals surface area contributed by atoms with Gasteiger partial charge in [0, 0.05) is 29.2 Å². The number of hydrogen-bond acceptors (Lipinski definition) is 3. The Labute approximate surface area is 121 Å². The number of carboxylic acids is 1. The molecule has 1 aromatic carbocycles. The van der Waals surface area contributed by atoms with Crippen LogP contribution in [0, 0.1) is 0 Å². The molecule has 1 saturated heterocycles. The van der Waals surface area contributed by atoms with Gasteiger partial charge in [0.15, 0.2) is 0 Å². The Morgan fingerprint density at radius 3 is 2.95 bits per heavy atom. The average Bonchev–Trinajstić information content (AvgIpc) is 2.34. The number of aliphatic carboxylic acids is 1. The zero-order valence-electron chi connectivity index (χ0n) is 10.3. The van der Waals surface area contributed by atoms with Crippen molar-refractivity contribution in [3.63, 3.8) is 0 Å². The van der Waals surface area contributed by atoms with Crippen LogP contribution >= 0.6 is 23.2 Å². The summed E-state index contributed by atoms with van der Waals surface area (Å²) >= 11 is 12.0. The summed E-state index contributed by atoms with van der Waals surface area (Å²) in [5.41, 5.74) is 0.948. The number of carboxylic acid groups (broad SMARTS) is 1. The smallest absolute Gasteiger partial charge is 0.305 e. The predicted octanol–water partition coefficient (Wildman–Crippen LogP) is 2.67. The minimum atomic E-state index is -0.817. The van der Waals surface area contributed by atoms with Crippen LogP contribution in [0.15, 0.2) is 18.2 Å². The molecule has 0 aliphatic carbocycles. The van der Waals surface area contributed by atoms with Crippen molar-refractivity contribution in [1.82, 2.24) is 4.90 Å². The molecule has 1 aliphatic heterocycles. The van der Waals surface area contributed by atoms with Crippen LogP contribution in [0.2, 0.25) is 10.0 Å². The Balaban J connectivity index is 2.08. The number of benzene rings is 1. The Bertz CT molecular complexity index is 467. The average molecular weight is 304 g/mol. The van der Waals surface area contributed by atoms with Crippen molar-refractivity contribution in [2.75, 3.05) is 19.8 Å². The van der Waals surface area contributed by atoms with E-state index in [0.29, 0.717) is 36.3 Å². The van der Waals surface area contributed by atoms with Gasteiger partial charge in [0.1, 0.15) is 0 Å². The zero-order chi connectivity index (χ0) is 13.8. The predicted molar refractivity (Wildman–Crippen MR) is 73.7 cm³/mol. The molecule has 0 amide bonds. The van der Waals surface area contributed by atoms with Crippen molar-refractivity contribution in [3.8, 4) is 0 Å². The third-order valence-corrected chi connectivity index (χ3v) is 3.74. The van der Waals surface area contributed by atoms with E-state index in [1.807, 2.05) is 6.07 Å². The van der Waals surface area contributed by atoms with Gasteiger partial charge in [-0.25, -0.2) is 0 Å². The van der Waals surface area contributed by atoms with E-state index in [-0.39, 0.29) is 12.5 Å². The number of nitrogens with zero attached hydrogens (tertiary/aromatic N) is 1. The van der Waals surface area contributed by atoms with Gasteiger partial charge in [-0.2, -0.15) is 0 Å². The molecular formula is C13H15Cl2NO3. The molecule has 0 aromatic heterocycles. The van der Waals surface area contributed by atoms with E-state index >= 15 is 0 Å². The van der Waals surface area contributed by atoms with E-state index in [9.17, 15) is 4.79 Å². The first-order valence-electron chi connectivity index (χ1n) is 6.04. The van der Waals surface area contributed by atoms with Crippen LogP contribution in [0.4, 0.5) is 0 Å². The number of rotatable bonds is 4. The Kier molecular flexibility index (Phi) is 5.05. The molecule has 1 atom stereocenters. The van der Waals surface area contributed by atoms with Crippen LogP contribution in [0.1, 0.15) is 12.0 Å². The lowest BCUT2D eigenvalue weighted by Crippen LogP contribution is -2.45. The van der Waals surface area contributed by atoms with E-state index in [4.69, 9.17) is 33.0 Å². The van der Waals surface area contributed by atoms with Crippen LogP contribution in [-0.2, 0) is 16.1 Å². The monoisotopic (exact) mass is 303 g/mol. The number of carbonyl (C=O) groups is 1. The topological polar surface area (TPSA) is 49.8 Å². The number of morpholine rings is 1. The van der Waals surface area contributed by atoms with Crippen LogP contribution in [0.3, 0.4) is 0 Å². The van der Waals surface area contributed by atoms with E-state index in [1.165, 1.54) is 0 Å². The van der Waals surface area contributed by atoms with Gasteiger partial charge in [-0.05, 0) is 17.7 Å². The second-order valence-corrected chi connectivity index (χ2v) is 5.38. The maximum atomic E-state index is 10.9. The summed E-state index contributed by atoms with van der Waals surface area (Å²) < 4.78 is 5.34.